The molecule has 0 aromatic carbocycles. The van der Waals surface area contributed by atoms with Crippen LogP contribution in [0.3, 0.4) is 0 Å². The summed E-state index contributed by atoms with van der Waals surface area (Å²) in [5.74, 6) is 0.689. The molecule has 5 nitrogen and oxygen atoms in total. The fourth-order valence-electron chi connectivity index (χ4n) is 3.35. The van der Waals surface area contributed by atoms with Gasteiger partial charge in [-0.05, 0) is 38.3 Å². The number of likely N-dealkylation sites (tertiary alicyclic amines) is 1. The predicted octanol–water partition coefficient (Wildman–Crippen LogP) is 1.61. The zero-order valence-corrected chi connectivity index (χ0v) is 12.9. The summed E-state index contributed by atoms with van der Waals surface area (Å²) in [6.07, 6.45) is 9.58. The van der Waals surface area contributed by atoms with E-state index in [1.54, 1.807) is 0 Å². The van der Waals surface area contributed by atoms with E-state index in [0.717, 1.165) is 45.4 Å². The molecule has 5 heteroatoms. The molecule has 0 bridgehead atoms. The van der Waals surface area contributed by atoms with E-state index < -0.39 is 0 Å². The minimum absolute atomic E-state index is 0.314. The molecular formula is C16H26N4O. The molecule has 1 aromatic heterocycles. The van der Waals surface area contributed by atoms with Gasteiger partial charge in [-0.2, -0.15) is 5.10 Å². The zero-order valence-electron chi connectivity index (χ0n) is 12.9. The van der Waals surface area contributed by atoms with Crippen molar-refractivity contribution >= 4 is 5.91 Å². The van der Waals surface area contributed by atoms with Crippen LogP contribution in [0.25, 0.3) is 0 Å². The predicted molar refractivity (Wildman–Crippen MR) is 81.8 cm³/mol. The summed E-state index contributed by atoms with van der Waals surface area (Å²) in [5, 5.41) is 4.25. The van der Waals surface area contributed by atoms with Gasteiger partial charge < -0.3 is 4.90 Å². The number of piperidine rings is 1. The van der Waals surface area contributed by atoms with Gasteiger partial charge in [-0.3, -0.25) is 14.4 Å². The molecular weight excluding hydrogens is 264 g/mol. The van der Waals surface area contributed by atoms with E-state index in [1.807, 2.05) is 35.1 Å². The van der Waals surface area contributed by atoms with Crippen LogP contribution in [-0.2, 0) is 11.3 Å². The fourth-order valence-corrected chi connectivity index (χ4v) is 3.35. The summed E-state index contributed by atoms with van der Waals surface area (Å²) in [5.41, 5.74) is 0. The zero-order chi connectivity index (χ0) is 14.7. The first-order valence-electron chi connectivity index (χ1n) is 8.20. The first kappa shape index (κ1) is 14.6. The number of rotatable bonds is 5. The van der Waals surface area contributed by atoms with Gasteiger partial charge in [0.1, 0.15) is 0 Å². The Morgan fingerprint density at radius 2 is 2.14 bits per heavy atom. The van der Waals surface area contributed by atoms with Crippen molar-refractivity contribution in [1.29, 1.82) is 0 Å². The van der Waals surface area contributed by atoms with Crippen LogP contribution in [0, 0.1) is 5.92 Å². The summed E-state index contributed by atoms with van der Waals surface area (Å²) in [6.45, 7) is 4.10. The van der Waals surface area contributed by atoms with Gasteiger partial charge in [0.25, 0.3) is 0 Å². The van der Waals surface area contributed by atoms with Crippen molar-refractivity contribution < 1.29 is 4.79 Å². The van der Waals surface area contributed by atoms with E-state index in [9.17, 15) is 4.79 Å². The van der Waals surface area contributed by atoms with Gasteiger partial charge in [0.2, 0.25) is 5.91 Å². The lowest BCUT2D eigenvalue weighted by Gasteiger charge is -2.40. The molecule has 1 aliphatic carbocycles. The van der Waals surface area contributed by atoms with Crippen molar-refractivity contribution in [2.24, 2.45) is 5.92 Å². The largest absolute Gasteiger partial charge is 0.341 e. The maximum Gasteiger partial charge on any atom is 0.225 e. The first-order chi connectivity index (χ1) is 10.2. The smallest absolute Gasteiger partial charge is 0.225 e. The van der Waals surface area contributed by atoms with Gasteiger partial charge in [-0.25, -0.2) is 0 Å². The monoisotopic (exact) mass is 290 g/mol. The van der Waals surface area contributed by atoms with Gasteiger partial charge in [0.15, 0.2) is 0 Å². The minimum Gasteiger partial charge on any atom is -0.341 e. The van der Waals surface area contributed by atoms with Crippen molar-refractivity contribution in [3.8, 4) is 0 Å². The highest BCUT2D eigenvalue weighted by Crippen LogP contribution is 2.29. The molecule has 0 N–H and O–H groups in total. The highest BCUT2D eigenvalue weighted by molar-refractivity contribution is 5.79. The van der Waals surface area contributed by atoms with Crippen molar-refractivity contribution in [1.82, 2.24) is 19.6 Å². The van der Waals surface area contributed by atoms with E-state index in [0.29, 0.717) is 17.9 Å². The Hall–Kier alpha value is -1.36. The molecule has 0 radical (unpaired) electrons. The fraction of sp³-hybridized carbons (Fsp3) is 0.750. The van der Waals surface area contributed by atoms with Crippen molar-refractivity contribution in [3.05, 3.63) is 18.5 Å². The quantitative estimate of drug-likeness (QED) is 0.827. The van der Waals surface area contributed by atoms with Crippen LogP contribution in [0.2, 0.25) is 0 Å². The van der Waals surface area contributed by atoms with E-state index >= 15 is 0 Å². The second-order valence-corrected chi connectivity index (χ2v) is 6.44. The summed E-state index contributed by atoms with van der Waals surface area (Å²) < 4.78 is 1.98. The molecule has 1 unspecified atom stereocenters. The van der Waals surface area contributed by atoms with Crippen LogP contribution >= 0.6 is 0 Å². The number of carbonyl (C=O) groups excluding carboxylic acids is 1. The standard InChI is InChI=1S/C16H26N4O/c1-18(16(21)14-5-2-6-14)15-7-3-9-19(13-15)11-12-20-10-4-8-17-20/h4,8,10,14-15H,2-3,5-7,9,11-13H2,1H3. The summed E-state index contributed by atoms with van der Waals surface area (Å²) >= 11 is 0. The molecule has 1 aromatic rings. The van der Waals surface area contributed by atoms with E-state index in [1.165, 1.54) is 12.8 Å². The van der Waals surface area contributed by atoms with Crippen LogP contribution in [0.1, 0.15) is 32.1 Å². The second-order valence-electron chi connectivity index (χ2n) is 6.44. The van der Waals surface area contributed by atoms with Crippen molar-refractivity contribution in [2.75, 3.05) is 26.7 Å². The van der Waals surface area contributed by atoms with Crippen LogP contribution in [0.5, 0.6) is 0 Å². The van der Waals surface area contributed by atoms with Crippen LogP contribution in [0.4, 0.5) is 0 Å². The van der Waals surface area contributed by atoms with Gasteiger partial charge in [-0.1, -0.05) is 6.42 Å². The maximum absolute atomic E-state index is 12.4. The van der Waals surface area contributed by atoms with Crippen LogP contribution in [-0.4, -0.2) is 58.2 Å². The number of amides is 1. The average Bonchev–Trinajstić information content (AvgIpc) is 2.96. The Balaban J connectivity index is 1.49. The van der Waals surface area contributed by atoms with Crippen LogP contribution in [0.15, 0.2) is 18.5 Å². The first-order valence-corrected chi connectivity index (χ1v) is 8.20. The van der Waals surface area contributed by atoms with E-state index in [2.05, 4.69) is 10.00 Å². The molecule has 1 saturated carbocycles. The molecule has 0 spiro atoms. The molecule has 2 fully saturated rings. The van der Waals surface area contributed by atoms with Gasteiger partial charge in [0.05, 0.1) is 6.54 Å². The molecule has 2 heterocycles. The topological polar surface area (TPSA) is 41.4 Å². The van der Waals surface area contributed by atoms with Crippen LogP contribution < -0.4 is 0 Å². The SMILES string of the molecule is CN(C(=O)C1CCC1)C1CCCN(CCn2cccn2)C1. The lowest BCUT2D eigenvalue weighted by molar-refractivity contribution is -0.140. The van der Waals surface area contributed by atoms with Crippen molar-refractivity contribution in [2.45, 2.75) is 44.7 Å². The molecule has 3 rings (SSSR count). The van der Waals surface area contributed by atoms with Crippen molar-refractivity contribution in [3.63, 3.8) is 0 Å². The van der Waals surface area contributed by atoms with Gasteiger partial charge in [-0.15, -0.1) is 0 Å². The Morgan fingerprint density at radius 1 is 1.29 bits per heavy atom. The minimum atomic E-state index is 0.314. The Labute approximate surface area is 126 Å². The molecule has 116 valence electrons. The van der Waals surface area contributed by atoms with E-state index in [4.69, 9.17) is 0 Å². The molecule has 1 atom stereocenters. The van der Waals surface area contributed by atoms with Gasteiger partial charge >= 0.3 is 0 Å². The Kier molecular flexibility index (Phi) is 4.58. The number of hydrogen-bond acceptors (Lipinski definition) is 3. The molecule has 2 aliphatic rings. The maximum atomic E-state index is 12.4. The summed E-state index contributed by atoms with van der Waals surface area (Å²) in [6, 6.07) is 2.36. The van der Waals surface area contributed by atoms with Gasteiger partial charge in [0, 0.05) is 44.5 Å². The highest BCUT2D eigenvalue weighted by atomic mass is 16.2. The number of hydrogen-bond donors (Lipinski definition) is 0. The Bertz CT molecular complexity index is 455. The third-order valence-corrected chi connectivity index (χ3v) is 5.03. The summed E-state index contributed by atoms with van der Waals surface area (Å²) in [4.78, 5) is 16.9. The summed E-state index contributed by atoms with van der Waals surface area (Å²) in [7, 11) is 2.00. The number of nitrogens with zero attached hydrogens (tertiary/aromatic N) is 4. The van der Waals surface area contributed by atoms with E-state index in [-0.39, 0.29) is 0 Å². The third kappa shape index (κ3) is 3.46. The third-order valence-electron chi connectivity index (χ3n) is 5.03. The molecule has 21 heavy (non-hydrogen) atoms. The lowest BCUT2D eigenvalue weighted by Crippen LogP contribution is -2.51. The average molecular weight is 290 g/mol. The lowest BCUT2D eigenvalue weighted by atomic mass is 9.84. The Morgan fingerprint density at radius 3 is 2.81 bits per heavy atom. The molecule has 1 amide bonds. The number of aromatic nitrogens is 2. The molecule has 1 saturated heterocycles. The number of likely N-dealkylation sites (N-methyl/N-ethyl adjacent to an activating group) is 1. The molecule has 1 aliphatic heterocycles. The normalized spacial score (nSPS) is 23.8. The second kappa shape index (κ2) is 6.60. The number of carbonyl (C=O) groups is 1. The highest BCUT2D eigenvalue weighted by Gasteiger charge is 2.32.